The molecule has 0 radical (unpaired) electrons. The highest BCUT2D eigenvalue weighted by Crippen LogP contribution is 2.14. The molecule has 3 N–H and O–H groups in total. The van der Waals surface area contributed by atoms with Crippen LogP contribution in [-0.2, 0) is 9.59 Å². The van der Waals surface area contributed by atoms with Gasteiger partial charge in [-0.2, -0.15) is 0 Å². The average molecular weight is 186 g/mol. The van der Waals surface area contributed by atoms with E-state index >= 15 is 0 Å². The van der Waals surface area contributed by atoms with Crippen LogP contribution in [0.3, 0.4) is 0 Å². The summed E-state index contributed by atoms with van der Waals surface area (Å²) in [7, 11) is 0. The number of amides is 1. The Morgan fingerprint density at radius 3 is 2.77 bits per heavy atom. The highest BCUT2D eigenvalue weighted by atomic mass is 16.4. The van der Waals surface area contributed by atoms with Gasteiger partial charge in [-0.25, -0.2) is 0 Å². The second kappa shape index (κ2) is 4.23. The molecule has 0 aromatic rings. The molecule has 1 aliphatic rings. The second-order valence-corrected chi connectivity index (χ2v) is 3.25. The van der Waals surface area contributed by atoms with E-state index in [0.29, 0.717) is 0 Å². The number of hydrogen-bond acceptors (Lipinski definition) is 3. The lowest BCUT2D eigenvalue weighted by atomic mass is 10.0. The van der Waals surface area contributed by atoms with Crippen LogP contribution >= 0.6 is 0 Å². The predicted octanol–water partition coefficient (Wildman–Crippen LogP) is -0.815. The van der Waals surface area contributed by atoms with Gasteiger partial charge in [0, 0.05) is 6.04 Å². The zero-order chi connectivity index (χ0) is 9.84. The van der Waals surface area contributed by atoms with E-state index in [2.05, 4.69) is 10.6 Å². The molecular formula is C8H14N2O3. The Hall–Kier alpha value is -1.10. The summed E-state index contributed by atoms with van der Waals surface area (Å²) < 4.78 is 0. The summed E-state index contributed by atoms with van der Waals surface area (Å²) in [4.78, 5) is 21.5. The van der Waals surface area contributed by atoms with Crippen LogP contribution in [0.5, 0.6) is 0 Å². The third kappa shape index (κ3) is 2.69. The van der Waals surface area contributed by atoms with E-state index < -0.39 is 5.97 Å². The molecule has 13 heavy (non-hydrogen) atoms. The minimum absolute atomic E-state index is 0.0839. The fourth-order valence-electron chi connectivity index (χ4n) is 1.51. The SMILES string of the molecule is CC1NCCC1C(=O)NCC(=O)O. The topological polar surface area (TPSA) is 78.4 Å². The summed E-state index contributed by atoms with van der Waals surface area (Å²) in [6.07, 6.45) is 0.784. The number of carbonyl (C=O) groups is 2. The van der Waals surface area contributed by atoms with Gasteiger partial charge in [-0.3, -0.25) is 9.59 Å². The van der Waals surface area contributed by atoms with E-state index in [-0.39, 0.29) is 24.4 Å². The zero-order valence-electron chi connectivity index (χ0n) is 7.54. The van der Waals surface area contributed by atoms with Crippen molar-refractivity contribution >= 4 is 11.9 Å². The molecule has 0 aromatic carbocycles. The first-order valence-electron chi connectivity index (χ1n) is 4.34. The molecule has 1 saturated heterocycles. The predicted molar refractivity (Wildman–Crippen MR) is 46.2 cm³/mol. The summed E-state index contributed by atoms with van der Waals surface area (Å²) in [5, 5.41) is 13.8. The van der Waals surface area contributed by atoms with Gasteiger partial charge in [0.1, 0.15) is 6.54 Å². The molecule has 74 valence electrons. The maximum absolute atomic E-state index is 11.3. The van der Waals surface area contributed by atoms with Crippen LogP contribution in [0, 0.1) is 5.92 Å². The molecule has 1 rings (SSSR count). The van der Waals surface area contributed by atoms with E-state index in [9.17, 15) is 9.59 Å². The van der Waals surface area contributed by atoms with Crippen LogP contribution in [0.2, 0.25) is 0 Å². The molecule has 0 saturated carbocycles. The fraction of sp³-hybridized carbons (Fsp3) is 0.750. The third-order valence-electron chi connectivity index (χ3n) is 2.28. The lowest BCUT2D eigenvalue weighted by Gasteiger charge is -2.13. The number of aliphatic carboxylic acids is 1. The molecule has 0 aliphatic carbocycles. The molecule has 0 aromatic heterocycles. The van der Waals surface area contributed by atoms with E-state index in [4.69, 9.17) is 5.11 Å². The van der Waals surface area contributed by atoms with Crippen LogP contribution in [-0.4, -0.2) is 36.1 Å². The summed E-state index contributed by atoms with van der Waals surface area (Å²) in [5.41, 5.74) is 0. The van der Waals surface area contributed by atoms with Gasteiger partial charge in [-0.1, -0.05) is 0 Å². The molecule has 1 heterocycles. The van der Waals surface area contributed by atoms with Crippen LogP contribution in [0.15, 0.2) is 0 Å². The molecular weight excluding hydrogens is 172 g/mol. The summed E-state index contributed by atoms with van der Waals surface area (Å²) in [6.45, 7) is 2.46. The fourth-order valence-corrected chi connectivity index (χ4v) is 1.51. The summed E-state index contributed by atoms with van der Waals surface area (Å²) in [5.74, 6) is -1.26. The largest absolute Gasteiger partial charge is 0.480 e. The summed E-state index contributed by atoms with van der Waals surface area (Å²) >= 11 is 0. The van der Waals surface area contributed by atoms with Gasteiger partial charge in [0.2, 0.25) is 5.91 Å². The van der Waals surface area contributed by atoms with Crippen molar-refractivity contribution in [2.24, 2.45) is 5.92 Å². The Labute approximate surface area is 76.5 Å². The molecule has 5 heteroatoms. The Kier molecular flexibility index (Phi) is 3.25. The molecule has 2 atom stereocenters. The molecule has 1 fully saturated rings. The molecule has 1 aliphatic heterocycles. The van der Waals surface area contributed by atoms with Gasteiger partial charge in [0.25, 0.3) is 0 Å². The van der Waals surface area contributed by atoms with Crippen LogP contribution < -0.4 is 10.6 Å². The van der Waals surface area contributed by atoms with Crippen LogP contribution in [0.25, 0.3) is 0 Å². The quantitative estimate of drug-likeness (QED) is 0.538. The number of carboxylic acid groups (broad SMARTS) is 1. The number of hydrogen-bond donors (Lipinski definition) is 3. The van der Waals surface area contributed by atoms with Crippen molar-refractivity contribution in [1.82, 2.24) is 10.6 Å². The molecule has 0 bridgehead atoms. The maximum atomic E-state index is 11.3. The number of carboxylic acids is 1. The minimum atomic E-state index is -1.01. The van der Waals surface area contributed by atoms with E-state index in [1.54, 1.807) is 0 Å². The normalized spacial score (nSPS) is 27.2. The molecule has 1 amide bonds. The highest BCUT2D eigenvalue weighted by molar-refractivity contribution is 5.83. The van der Waals surface area contributed by atoms with Crippen molar-refractivity contribution in [2.45, 2.75) is 19.4 Å². The Morgan fingerprint density at radius 1 is 1.62 bits per heavy atom. The number of rotatable bonds is 3. The molecule has 5 nitrogen and oxygen atoms in total. The van der Waals surface area contributed by atoms with E-state index in [0.717, 1.165) is 13.0 Å². The van der Waals surface area contributed by atoms with Gasteiger partial charge in [-0.15, -0.1) is 0 Å². The van der Waals surface area contributed by atoms with Crippen molar-refractivity contribution in [3.8, 4) is 0 Å². The Balaban J connectivity index is 2.34. The van der Waals surface area contributed by atoms with Crippen molar-refractivity contribution < 1.29 is 14.7 Å². The number of nitrogens with one attached hydrogen (secondary N) is 2. The minimum Gasteiger partial charge on any atom is -0.480 e. The van der Waals surface area contributed by atoms with Crippen molar-refractivity contribution in [3.05, 3.63) is 0 Å². The van der Waals surface area contributed by atoms with Crippen LogP contribution in [0.1, 0.15) is 13.3 Å². The lowest BCUT2D eigenvalue weighted by molar-refractivity contribution is -0.138. The monoisotopic (exact) mass is 186 g/mol. The van der Waals surface area contributed by atoms with Gasteiger partial charge in [0.15, 0.2) is 0 Å². The first-order chi connectivity index (χ1) is 6.11. The number of carbonyl (C=O) groups excluding carboxylic acids is 1. The Morgan fingerprint density at radius 2 is 2.31 bits per heavy atom. The maximum Gasteiger partial charge on any atom is 0.322 e. The second-order valence-electron chi connectivity index (χ2n) is 3.25. The first kappa shape index (κ1) is 9.98. The van der Waals surface area contributed by atoms with Gasteiger partial charge >= 0.3 is 5.97 Å². The molecule has 2 unspecified atom stereocenters. The standard InChI is InChI=1S/C8H14N2O3/c1-5-6(2-3-9-5)8(13)10-4-7(11)12/h5-6,9H,2-4H2,1H3,(H,10,13)(H,11,12). The van der Waals surface area contributed by atoms with Crippen molar-refractivity contribution in [2.75, 3.05) is 13.1 Å². The van der Waals surface area contributed by atoms with Gasteiger partial charge in [0.05, 0.1) is 5.92 Å². The van der Waals surface area contributed by atoms with Gasteiger partial charge < -0.3 is 15.7 Å². The molecule has 0 spiro atoms. The zero-order valence-corrected chi connectivity index (χ0v) is 7.54. The van der Waals surface area contributed by atoms with Crippen molar-refractivity contribution in [1.29, 1.82) is 0 Å². The average Bonchev–Trinajstić information content (AvgIpc) is 2.47. The van der Waals surface area contributed by atoms with Gasteiger partial charge in [-0.05, 0) is 19.9 Å². The smallest absolute Gasteiger partial charge is 0.322 e. The Bertz CT molecular complexity index is 217. The van der Waals surface area contributed by atoms with Crippen LogP contribution in [0.4, 0.5) is 0 Å². The third-order valence-corrected chi connectivity index (χ3v) is 2.28. The van der Waals surface area contributed by atoms with E-state index in [1.165, 1.54) is 0 Å². The highest BCUT2D eigenvalue weighted by Gasteiger charge is 2.29. The summed E-state index contributed by atoms with van der Waals surface area (Å²) in [6, 6.07) is 0.147. The first-order valence-corrected chi connectivity index (χ1v) is 4.34. The van der Waals surface area contributed by atoms with E-state index in [1.807, 2.05) is 6.92 Å². The lowest BCUT2D eigenvalue weighted by Crippen LogP contribution is -2.38. The van der Waals surface area contributed by atoms with Crippen molar-refractivity contribution in [3.63, 3.8) is 0 Å².